The number of carbonyl (C=O) groups excluding carboxylic acids is 2. The van der Waals surface area contributed by atoms with Gasteiger partial charge in [-0.15, -0.1) is 0 Å². The van der Waals surface area contributed by atoms with Crippen molar-refractivity contribution in [2.45, 2.75) is 13.3 Å². The first-order valence-corrected chi connectivity index (χ1v) is 7.62. The monoisotopic (exact) mass is 388 g/mol. The lowest BCUT2D eigenvalue weighted by Crippen LogP contribution is -2.35. The molecule has 0 radical (unpaired) electrons. The number of furan rings is 1. The third-order valence-corrected chi connectivity index (χ3v) is 3.82. The fourth-order valence-corrected chi connectivity index (χ4v) is 2.56. The van der Waals surface area contributed by atoms with Gasteiger partial charge in [-0.25, -0.2) is 0 Å². The first kappa shape index (κ1) is 15.1. The van der Waals surface area contributed by atoms with E-state index in [9.17, 15) is 9.59 Å². The summed E-state index contributed by atoms with van der Waals surface area (Å²) < 4.78 is 6.16. The molecule has 1 fully saturated rings. The van der Waals surface area contributed by atoms with Crippen molar-refractivity contribution in [1.29, 1.82) is 0 Å². The van der Waals surface area contributed by atoms with E-state index in [1.165, 1.54) is 6.08 Å². The lowest BCUT2D eigenvalue weighted by Gasteiger charge is -2.20. The second-order valence-electron chi connectivity index (χ2n) is 4.66. The van der Waals surface area contributed by atoms with Crippen LogP contribution in [-0.2, 0) is 9.59 Å². The van der Waals surface area contributed by atoms with E-state index in [1.807, 2.05) is 12.1 Å². The Hall–Kier alpha value is -1.31. The van der Waals surface area contributed by atoms with Crippen LogP contribution in [0.2, 0.25) is 0 Å². The maximum Gasteiger partial charge on any atom is 0.246 e. The van der Waals surface area contributed by atoms with Crippen LogP contribution in [0.3, 0.4) is 0 Å². The van der Waals surface area contributed by atoms with E-state index in [0.29, 0.717) is 25.4 Å². The lowest BCUT2D eigenvalue weighted by atomic mass is 10.3. The molecule has 0 atom stereocenters. The molecular weight excluding hydrogens is 371 g/mol. The van der Waals surface area contributed by atoms with Gasteiger partial charge in [0, 0.05) is 39.2 Å². The van der Waals surface area contributed by atoms with Gasteiger partial charge in [0.15, 0.2) is 3.77 Å². The van der Waals surface area contributed by atoms with Gasteiger partial charge in [-0.2, -0.15) is 0 Å². The summed E-state index contributed by atoms with van der Waals surface area (Å²) >= 11 is 2.08. The van der Waals surface area contributed by atoms with Crippen molar-refractivity contribution < 1.29 is 14.0 Å². The molecule has 5 nitrogen and oxygen atoms in total. The van der Waals surface area contributed by atoms with E-state index in [0.717, 1.165) is 16.7 Å². The summed E-state index contributed by atoms with van der Waals surface area (Å²) in [6.45, 7) is 4.16. The Morgan fingerprint density at radius 3 is 2.55 bits per heavy atom. The highest BCUT2D eigenvalue weighted by molar-refractivity contribution is 14.1. The van der Waals surface area contributed by atoms with E-state index >= 15 is 0 Å². The number of hydrogen-bond acceptors (Lipinski definition) is 3. The fourth-order valence-electron chi connectivity index (χ4n) is 2.13. The van der Waals surface area contributed by atoms with Gasteiger partial charge in [0.2, 0.25) is 11.8 Å². The maximum absolute atomic E-state index is 12.1. The van der Waals surface area contributed by atoms with Crippen molar-refractivity contribution in [3.05, 3.63) is 27.7 Å². The third kappa shape index (κ3) is 4.09. The van der Waals surface area contributed by atoms with Crippen LogP contribution in [0.15, 0.2) is 22.6 Å². The van der Waals surface area contributed by atoms with Crippen LogP contribution in [0.5, 0.6) is 0 Å². The van der Waals surface area contributed by atoms with Crippen LogP contribution in [0.25, 0.3) is 6.08 Å². The number of amides is 2. The van der Waals surface area contributed by atoms with Crippen LogP contribution in [-0.4, -0.2) is 47.8 Å². The predicted octanol–water partition coefficient (Wildman–Crippen LogP) is 1.98. The number of hydrogen-bond donors (Lipinski definition) is 0. The standard InChI is InChI=1S/C14H17IN2O3/c1-11(18)16-7-2-8-17(10-9-16)14(19)6-4-12-3-5-13(15)20-12/h3-6H,2,7-10H2,1H3/b6-4+. The maximum atomic E-state index is 12.1. The zero-order chi connectivity index (χ0) is 14.5. The smallest absolute Gasteiger partial charge is 0.246 e. The molecule has 0 saturated carbocycles. The zero-order valence-corrected chi connectivity index (χ0v) is 13.5. The topological polar surface area (TPSA) is 53.8 Å². The molecule has 1 aliphatic rings. The summed E-state index contributed by atoms with van der Waals surface area (Å²) in [6.07, 6.45) is 4.02. The molecule has 0 spiro atoms. The Bertz CT molecular complexity index is 524. The molecule has 2 rings (SSSR count). The molecule has 1 aromatic heterocycles. The largest absolute Gasteiger partial charge is 0.451 e. The molecule has 0 aromatic carbocycles. The zero-order valence-electron chi connectivity index (χ0n) is 11.3. The Morgan fingerprint density at radius 1 is 1.20 bits per heavy atom. The van der Waals surface area contributed by atoms with Crippen molar-refractivity contribution in [2.24, 2.45) is 0 Å². The molecule has 2 heterocycles. The molecule has 1 saturated heterocycles. The van der Waals surface area contributed by atoms with Crippen LogP contribution in [0, 0.1) is 3.77 Å². The van der Waals surface area contributed by atoms with E-state index in [-0.39, 0.29) is 11.8 Å². The Balaban J connectivity index is 1.92. The van der Waals surface area contributed by atoms with Gasteiger partial charge in [0.25, 0.3) is 0 Å². The SMILES string of the molecule is CC(=O)N1CCCN(C(=O)/C=C/c2ccc(I)o2)CC1. The minimum Gasteiger partial charge on any atom is -0.451 e. The minimum absolute atomic E-state index is 0.0400. The minimum atomic E-state index is -0.0400. The van der Waals surface area contributed by atoms with Gasteiger partial charge >= 0.3 is 0 Å². The highest BCUT2D eigenvalue weighted by Gasteiger charge is 2.18. The van der Waals surface area contributed by atoms with Gasteiger partial charge in [-0.05, 0) is 47.2 Å². The van der Waals surface area contributed by atoms with Gasteiger partial charge in [-0.1, -0.05) is 0 Å². The van der Waals surface area contributed by atoms with Crippen molar-refractivity contribution >= 4 is 40.5 Å². The molecule has 2 amide bonds. The molecule has 0 unspecified atom stereocenters. The van der Waals surface area contributed by atoms with Crippen molar-refractivity contribution in [3.8, 4) is 0 Å². The van der Waals surface area contributed by atoms with Gasteiger partial charge in [0.1, 0.15) is 5.76 Å². The quantitative estimate of drug-likeness (QED) is 0.575. The van der Waals surface area contributed by atoms with Crippen molar-refractivity contribution in [2.75, 3.05) is 26.2 Å². The molecule has 6 heteroatoms. The molecule has 1 aliphatic heterocycles. The van der Waals surface area contributed by atoms with Crippen LogP contribution in [0.1, 0.15) is 19.1 Å². The number of rotatable bonds is 2. The van der Waals surface area contributed by atoms with Crippen molar-refractivity contribution in [1.82, 2.24) is 9.80 Å². The van der Waals surface area contributed by atoms with Crippen LogP contribution < -0.4 is 0 Å². The number of nitrogens with zero attached hydrogens (tertiary/aromatic N) is 2. The summed E-state index contributed by atoms with van der Waals surface area (Å²) in [5.41, 5.74) is 0. The summed E-state index contributed by atoms with van der Waals surface area (Å²) in [4.78, 5) is 27.0. The van der Waals surface area contributed by atoms with Gasteiger partial charge in [0.05, 0.1) is 0 Å². The van der Waals surface area contributed by atoms with E-state index in [1.54, 1.807) is 22.8 Å². The van der Waals surface area contributed by atoms with Crippen LogP contribution >= 0.6 is 22.6 Å². The summed E-state index contributed by atoms with van der Waals surface area (Å²) in [6, 6.07) is 3.67. The molecule has 1 aromatic rings. The van der Waals surface area contributed by atoms with E-state index in [4.69, 9.17) is 4.42 Å². The molecule has 0 aliphatic carbocycles. The third-order valence-electron chi connectivity index (χ3n) is 3.24. The number of halogens is 1. The Morgan fingerprint density at radius 2 is 1.90 bits per heavy atom. The first-order valence-electron chi connectivity index (χ1n) is 6.54. The van der Waals surface area contributed by atoms with Crippen molar-refractivity contribution in [3.63, 3.8) is 0 Å². The van der Waals surface area contributed by atoms with E-state index < -0.39 is 0 Å². The molecule has 20 heavy (non-hydrogen) atoms. The average molecular weight is 388 g/mol. The Kier molecular flexibility index (Phi) is 5.22. The molecule has 0 N–H and O–H groups in total. The molecule has 108 valence electrons. The highest BCUT2D eigenvalue weighted by Crippen LogP contribution is 2.12. The number of carbonyl (C=O) groups is 2. The normalized spacial score (nSPS) is 16.5. The Labute approximate surface area is 131 Å². The van der Waals surface area contributed by atoms with E-state index in [2.05, 4.69) is 22.6 Å². The first-order chi connectivity index (χ1) is 9.56. The van der Waals surface area contributed by atoms with Gasteiger partial charge in [-0.3, -0.25) is 9.59 Å². The van der Waals surface area contributed by atoms with Crippen LogP contribution in [0.4, 0.5) is 0 Å². The fraction of sp³-hybridized carbons (Fsp3) is 0.429. The molecule has 0 bridgehead atoms. The second-order valence-corrected chi connectivity index (χ2v) is 5.72. The summed E-state index contributed by atoms with van der Waals surface area (Å²) in [7, 11) is 0. The second kappa shape index (κ2) is 6.92. The summed E-state index contributed by atoms with van der Waals surface area (Å²) in [5.74, 6) is 0.699. The van der Waals surface area contributed by atoms with Gasteiger partial charge < -0.3 is 14.2 Å². The average Bonchev–Trinajstić information content (AvgIpc) is 2.68. The highest BCUT2D eigenvalue weighted by atomic mass is 127. The summed E-state index contributed by atoms with van der Waals surface area (Å²) in [5, 5.41) is 0. The molecular formula is C14H17IN2O3. The predicted molar refractivity (Wildman–Crippen MR) is 83.9 cm³/mol. The lowest BCUT2D eigenvalue weighted by molar-refractivity contribution is -0.130.